The molecule has 3 aromatic carbocycles. The lowest BCUT2D eigenvalue weighted by Crippen LogP contribution is -2.53. The minimum atomic E-state index is -1.69. The Balaban J connectivity index is 0.956. The molecule has 0 saturated carbocycles. The fourth-order valence-corrected chi connectivity index (χ4v) is 7.85. The second-order valence-corrected chi connectivity index (χ2v) is 13.8. The van der Waals surface area contributed by atoms with E-state index in [4.69, 9.17) is 14.6 Å². The highest BCUT2D eigenvalue weighted by molar-refractivity contribution is 7.85. The van der Waals surface area contributed by atoms with Crippen molar-refractivity contribution in [2.45, 2.75) is 10.5 Å². The van der Waals surface area contributed by atoms with Gasteiger partial charge in [0.2, 0.25) is 11.1 Å². The number of benzene rings is 3. The Morgan fingerprint density at radius 2 is 1.37 bits per heavy atom. The van der Waals surface area contributed by atoms with Gasteiger partial charge < -0.3 is 24.8 Å². The van der Waals surface area contributed by atoms with E-state index in [2.05, 4.69) is 42.3 Å². The summed E-state index contributed by atoms with van der Waals surface area (Å²) < 4.78 is 28.6. The fourth-order valence-electron chi connectivity index (χ4n) is 6.68. The molecule has 0 amide bonds. The number of ether oxygens (including phenoxy) is 2. The van der Waals surface area contributed by atoms with Crippen molar-refractivity contribution in [2.75, 3.05) is 57.2 Å². The van der Waals surface area contributed by atoms with Crippen molar-refractivity contribution >= 4 is 39.2 Å². The Labute approximate surface area is 302 Å². The zero-order valence-corrected chi connectivity index (χ0v) is 29.5. The van der Waals surface area contributed by atoms with Crippen LogP contribution >= 0.6 is 0 Å². The van der Waals surface area contributed by atoms with E-state index in [0.717, 1.165) is 50.7 Å². The largest absolute Gasteiger partial charge is 0.496 e. The van der Waals surface area contributed by atoms with E-state index in [1.807, 2.05) is 89.4 Å². The molecule has 13 nitrogen and oxygen atoms in total. The molecule has 2 N–H and O–H groups in total. The number of fused-ring (bicyclic) bond motifs is 2. The van der Waals surface area contributed by atoms with Gasteiger partial charge in [-0.2, -0.15) is 0 Å². The van der Waals surface area contributed by atoms with Crippen LogP contribution in [0.2, 0.25) is 0 Å². The maximum atomic E-state index is 13.9. The number of hydrogen-bond acceptors (Lipinski definition) is 11. The Kier molecular flexibility index (Phi) is 9.24. The standard InChI is InChI=1S/C38H37N9O4S/c1-50-34-12-5-3-10-30(34)32-16-14-28-23-39-37(42-46(28)32)41-26-8-7-9-27(22-26)44-18-20-45(21-19-44)36(25-48)52(49)38-40-24-29-15-17-33(47(29)43-38)31-11-4-6-13-35(31)51-2/h3-17,22-24,36,48H,18-21,25H2,1-2H3,(H,41,42). The molecule has 1 fully saturated rings. The summed E-state index contributed by atoms with van der Waals surface area (Å²) in [6.07, 6.45) is 3.45. The van der Waals surface area contributed by atoms with Crippen LogP contribution in [0.4, 0.5) is 17.3 Å². The van der Waals surface area contributed by atoms with E-state index < -0.39 is 16.2 Å². The highest BCUT2D eigenvalue weighted by Gasteiger charge is 2.30. The van der Waals surface area contributed by atoms with Crippen LogP contribution < -0.4 is 19.7 Å². The van der Waals surface area contributed by atoms with Crippen LogP contribution in [-0.4, -0.2) is 95.8 Å². The third kappa shape index (κ3) is 6.32. The number of para-hydroxylation sites is 2. The quantitative estimate of drug-likeness (QED) is 0.185. The molecule has 14 heteroatoms. The van der Waals surface area contributed by atoms with Crippen molar-refractivity contribution < 1.29 is 18.8 Å². The summed E-state index contributed by atoms with van der Waals surface area (Å²) in [5.41, 5.74) is 7.03. The highest BCUT2D eigenvalue weighted by Crippen LogP contribution is 2.32. The molecule has 0 aliphatic carbocycles. The van der Waals surface area contributed by atoms with Crippen molar-refractivity contribution in [1.82, 2.24) is 34.1 Å². The van der Waals surface area contributed by atoms with Gasteiger partial charge in [-0.05, 0) is 66.7 Å². The molecule has 1 aliphatic heterocycles. The first kappa shape index (κ1) is 33.3. The van der Waals surface area contributed by atoms with Crippen LogP contribution in [0.25, 0.3) is 33.5 Å². The number of nitrogens with one attached hydrogen (secondary N) is 1. The number of piperazine rings is 1. The number of aliphatic hydroxyl groups excluding tert-OH is 1. The van der Waals surface area contributed by atoms with E-state index in [1.165, 1.54) is 0 Å². The van der Waals surface area contributed by atoms with E-state index in [0.29, 0.717) is 37.9 Å². The zero-order chi connectivity index (χ0) is 35.6. The second-order valence-electron chi connectivity index (χ2n) is 12.3. The molecule has 1 aliphatic rings. The lowest BCUT2D eigenvalue weighted by Gasteiger charge is -2.39. The van der Waals surface area contributed by atoms with Crippen LogP contribution in [0.3, 0.4) is 0 Å². The van der Waals surface area contributed by atoms with Gasteiger partial charge in [-0.25, -0.2) is 23.2 Å². The Morgan fingerprint density at radius 1 is 0.750 bits per heavy atom. The van der Waals surface area contributed by atoms with Gasteiger partial charge >= 0.3 is 0 Å². The van der Waals surface area contributed by atoms with Gasteiger partial charge in [0.15, 0.2) is 0 Å². The van der Waals surface area contributed by atoms with Gasteiger partial charge in [-0.15, -0.1) is 10.2 Å². The van der Waals surface area contributed by atoms with Crippen molar-refractivity contribution in [3.05, 3.63) is 109 Å². The van der Waals surface area contributed by atoms with E-state index >= 15 is 0 Å². The normalized spacial score (nSPS) is 14.8. The van der Waals surface area contributed by atoms with Crippen molar-refractivity contribution in [2.24, 2.45) is 0 Å². The third-order valence-corrected chi connectivity index (χ3v) is 10.8. The van der Waals surface area contributed by atoms with Crippen molar-refractivity contribution in [3.63, 3.8) is 0 Å². The molecule has 52 heavy (non-hydrogen) atoms. The summed E-state index contributed by atoms with van der Waals surface area (Å²) in [4.78, 5) is 13.3. The van der Waals surface area contributed by atoms with Crippen LogP contribution in [0, 0.1) is 0 Å². The molecule has 8 rings (SSSR count). The van der Waals surface area contributed by atoms with Gasteiger partial charge in [0.05, 0.1) is 55.6 Å². The topological polar surface area (TPSA) is 135 Å². The first-order chi connectivity index (χ1) is 25.5. The molecule has 5 heterocycles. The fraction of sp³-hybridized carbons (Fsp3) is 0.211. The number of aliphatic hydroxyl groups is 1. The molecule has 0 bridgehead atoms. The summed E-state index contributed by atoms with van der Waals surface area (Å²) in [5.74, 6) is 1.94. The van der Waals surface area contributed by atoms with Crippen LogP contribution in [0.5, 0.6) is 11.5 Å². The maximum absolute atomic E-state index is 13.9. The van der Waals surface area contributed by atoms with Gasteiger partial charge in [-0.1, -0.05) is 30.3 Å². The lowest BCUT2D eigenvalue weighted by molar-refractivity contribution is 0.165. The monoisotopic (exact) mass is 715 g/mol. The first-order valence-electron chi connectivity index (χ1n) is 16.9. The molecule has 0 radical (unpaired) electrons. The number of anilines is 3. The smallest absolute Gasteiger partial charge is 0.245 e. The van der Waals surface area contributed by atoms with Crippen LogP contribution in [0.1, 0.15) is 0 Å². The molecule has 7 aromatic rings. The van der Waals surface area contributed by atoms with Crippen LogP contribution in [0.15, 0.2) is 115 Å². The first-order valence-corrected chi connectivity index (χ1v) is 18.1. The Bertz CT molecular complexity index is 2390. The molecule has 4 aromatic heterocycles. The average molecular weight is 716 g/mol. The number of rotatable bonds is 11. The van der Waals surface area contributed by atoms with E-state index in [9.17, 15) is 9.32 Å². The van der Waals surface area contributed by atoms with E-state index in [1.54, 1.807) is 31.1 Å². The number of hydrogen-bond donors (Lipinski definition) is 2. The maximum Gasteiger partial charge on any atom is 0.245 e. The van der Waals surface area contributed by atoms with E-state index in [-0.39, 0.29) is 11.8 Å². The molecular formula is C38H37N9O4S. The molecular weight excluding hydrogens is 679 g/mol. The summed E-state index contributed by atoms with van der Waals surface area (Å²) in [7, 11) is 1.60. The minimum absolute atomic E-state index is 0.162. The minimum Gasteiger partial charge on any atom is -0.496 e. The van der Waals surface area contributed by atoms with Gasteiger partial charge in [-0.3, -0.25) is 4.90 Å². The lowest BCUT2D eigenvalue weighted by atomic mass is 10.1. The number of aromatic nitrogens is 6. The molecule has 264 valence electrons. The molecule has 2 atom stereocenters. The summed E-state index contributed by atoms with van der Waals surface area (Å²) in [6.45, 7) is 2.28. The molecule has 0 spiro atoms. The highest BCUT2D eigenvalue weighted by atomic mass is 32.2. The number of methoxy groups -OCH3 is 2. The number of nitrogens with zero attached hydrogens (tertiary/aromatic N) is 8. The average Bonchev–Trinajstić information content (AvgIpc) is 3.82. The predicted octanol–water partition coefficient (Wildman–Crippen LogP) is 5.12. The summed E-state index contributed by atoms with van der Waals surface area (Å²) in [5, 5.41) is 22.8. The zero-order valence-electron chi connectivity index (χ0n) is 28.7. The summed E-state index contributed by atoms with van der Waals surface area (Å²) >= 11 is 0. The third-order valence-electron chi connectivity index (χ3n) is 9.31. The predicted molar refractivity (Wildman–Crippen MR) is 201 cm³/mol. The SMILES string of the molecule is COc1ccccc1-c1ccc2cnc(Nc3cccc(N4CCN(C(CO)S(=O)c5ncc6ccc(-c7ccccc7OC)n6n5)CC4)c3)nn12. The van der Waals surface area contributed by atoms with Crippen molar-refractivity contribution in [1.29, 1.82) is 0 Å². The summed E-state index contributed by atoms with van der Waals surface area (Å²) in [6, 6.07) is 31.5. The van der Waals surface area contributed by atoms with Crippen LogP contribution in [-0.2, 0) is 10.8 Å². The second kappa shape index (κ2) is 14.4. The Morgan fingerprint density at radius 3 is 2.00 bits per heavy atom. The van der Waals surface area contributed by atoms with Gasteiger partial charge in [0.25, 0.3) is 0 Å². The van der Waals surface area contributed by atoms with Crippen molar-refractivity contribution in [3.8, 4) is 34.0 Å². The van der Waals surface area contributed by atoms with Gasteiger partial charge in [0, 0.05) is 48.7 Å². The Hall–Kier alpha value is -5.83. The molecule has 2 unspecified atom stereocenters. The van der Waals surface area contributed by atoms with Gasteiger partial charge in [0.1, 0.15) is 27.7 Å². The molecule has 1 saturated heterocycles.